The van der Waals surface area contributed by atoms with E-state index in [4.69, 9.17) is 4.74 Å². The van der Waals surface area contributed by atoms with Crippen LogP contribution in [0.15, 0.2) is 18.2 Å². The highest BCUT2D eigenvalue weighted by molar-refractivity contribution is 7.99. The van der Waals surface area contributed by atoms with Crippen molar-refractivity contribution in [3.8, 4) is 5.75 Å². The van der Waals surface area contributed by atoms with E-state index in [1.54, 1.807) is 6.07 Å². The van der Waals surface area contributed by atoms with Gasteiger partial charge in [0, 0.05) is 36.7 Å². The maximum Gasteiger partial charge on any atom is 0.260 e. The lowest BCUT2D eigenvalue weighted by Gasteiger charge is -2.26. The van der Waals surface area contributed by atoms with E-state index in [0.717, 1.165) is 42.3 Å². The Hall–Kier alpha value is -1.69. The Bertz CT molecular complexity index is 556. The number of thioether (sulfide) groups is 1. The van der Waals surface area contributed by atoms with E-state index in [1.165, 1.54) is 0 Å². The minimum absolute atomic E-state index is 0.0429. The predicted octanol–water partition coefficient (Wildman–Crippen LogP) is 1.53. The monoisotopic (exact) mass is 306 g/mol. The third kappa shape index (κ3) is 3.50. The van der Waals surface area contributed by atoms with Crippen molar-refractivity contribution in [1.29, 1.82) is 0 Å². The van der Waals surface area contributed by atoms with Gasteiger partial charge in [-0.1, -0.05) is 0 Å². The summed E-state index contributed by atoms with van der Waals surface area (Å²) >= 11 is 1.88. The van der Waals surface area contributed by atoms with E-state index >= 15 is 0 Å². The summed E-state index contributed by atoms with van der Waals surface area (Å²) < 4.78 is 5.60. The van der Waals surface area contributed by atoms with Crippen LogP contribution in [0.4, 0.5) is 5.69 Å². The summed E-state index contributed by atoms with van der Waals surface area (Å²) in [5, 5.41) is 2.83. The number of aryl methyl sites for hydroxylation is 1. The lowest BCUT2D eigenvalue weighted by Crippen LogP contribution is -2.40. The summed E-state index contributed by atoms with van der Waals surface area (Å²) in [7, 11) is 0. The average Bonchev–Trinajstić information content (AvgIpc) is 2.53. The number of benzene rings is 1. The third-order valence-electron chi connectivity index (χ3n) is 3.70. The first-order valence-corrected chi connectivity index (χ1v) is 8.29. The van der Waals surface area contributed by atoms with Gasteiger partial charge in [0.2, 0.25) is 5.91 Å². The van der Waals surface area contributed by atoms with Gasteiger partial charge in [-0.3, -0.25) is 9.59 Å². The van der Waals surface area contributed by atoms with E-state index in [9.17, 15) is 9.59 Å². The molecule has 0 spiro atoms. The van der Waals surface area contributed by atoms with E-state index in [2.05, 4.69) is 5.32 Å². The molecule has 5 nitrogen and oxygen atoms in total. The van der Waals surface area contributed by atoms with Gasteiger partial charge in [0.25, 0.3) is 5.91 Å². The molecule has 2 amide bonds. The molecule has 2 heterocycles. The highest BCUT2D eigenvalue weighted by Crippen LogP contribution is 2.26. The van der Waals surface area contributed by atoms with Crippen LogP contribution in [0.3, 0.4) is 0 Å². The number of ether oxygens (including phenoxy) is 1. The molecule has 1 fully saturated rings. The van der Waals surface area contributed by atoms with E-state index in [0.29, 0.717) is 12.2 Å². The zero-order valence-corrected chi connectivity index (χ0v) is 12.6. The van der Waals surface area contributed by atoms with Crippen LogP contribution >= 0.6 is 11.8 Å². The van der Waals surface area contributed by atoms with Crippen LogP contribution in [0.1, 0.15) is 12.0 Å². The summed E-state index contributed by atoms with van der Waals surface area (Å²) in [5.41, 5.74) is 1.91. The van der Waals surface area contributed by atoms with Gasteiger partial charge < -0.3 is 15.0 Å². The summed E-state index contributed by atoms with van der Waals surface area (Å²) in [6.45, 7) is 1.70. The number of hydrogen-bond acceptors (Lipinski definition) is 4. The molecular weight excluding hydrogens is 288 g/mol. The average molecular weight is 306 g/mol. The van der Waals surface area contributed by atoms with Crippen LogP contribution < -0.4 is 10.1 Å². The minimum Gasteiger partial charge on any atom is -0.484 e. The van der Waals surface area contributed by atoms with Crippen molar-refractivity contribution in [2.45, 2.75) is 12.8 Å². The van der Waals surface area contributed by atoms with Gasteiger partial charge in [0.15, 0.2) is 6.61 Å². The number of nitrogens with one attached hydrogen (secondary N) is 1. The Balaban J connectivity index is 1.58. The highest BCUT2D eigenvalue weighted by Gasteiger charge is 2.18. The fourth-order valence-corrected chi connectivity index (χ4v) is 3.40. The molecule has 6 heteroatoms. The molecule has 3 rings (SSSR count). The van der Waals surface area contributed by atoms with Crippen LogP contribution in [-0.2, 0) is 16.0 Å². The second kappa shape index (κ2) is 6.39. The van der Waals surface area contributed by atoms with Gasteiger partial charge in [-0.15, -0.1) is 0 Å². The molecule has 0 aromatic heterocycles. The standard InChI is InChI=1S/C15H18N2O3S/c18-14-4-1-11-9-12(2-3-13(11)16-14)20-10-15(19)17-5-7-21-8-6-17/h2-3,9H,1,4-8,10H2,(H,16,18). The quantitative estimate of drug-likeness (QED) is 0.920. The molecule has 1 aromatic carbocycles. The lowest BCUT2D eigenvalue weighted by molar-refractivity contribution is -0.133. The fourth-order valence-electron chi connectivity index (χ4n) is 2.50. The highest BCUT2D eigenvalue weighted by atomic mass is 32.2. The molecule has 1 saturated heterocycles. The predicted molar refractivity (Wildman–Crippen MR) is 82.8 cm³/mol. The smallest absolute Gasteiger partial charge is 0.260 e. The van der Waals surface area contributed by atoms with Crippen LogP contribution in [-0.4, -0.2) is 47.9 Å². The Morgan fingerprint density at radius 1 is 1.29 bits per heavy atom. The topological polar surface area (TPSA) is 58.6 Å². The summed E-state index contributed by atoms with van der Waals surface area (Å²) in [5.74, 6) is 2.79. The maximum atomic E-state index is 12.0. The molecule has 112 valence electrons. The fraction of sp³-hybridized carbons (Fsp3) is 0.467. The number of amides is 2. The van der Waals surface area contributed by atoms with Crippen molar-refractivity contribution in [2.24, 2.45) is 0 Å². The summed E-state index contributed by atoms with van der Waals surface area (Å²) in [6, 6.07) is 5.54. The number of carbonyl (C=O) groups excluding carboxylic acids is 2. The first-order valence-electron chi connectivity index (χ1n) is 7.13. The second-order valence-electron chi connectivity index (χ2n) is 5.15. The van der Waals surface area contributed by atoms with E-state index < -0.39 is 0 Å². The number of carbonyl (C=O) groups is 2. The number of rotatable bonds is 3. The van der Waals surface area contributed by atoms with Crippen molar-refractivity contribution >= 4 is 29.3 Å². The number of fused-ring (bicyclic) bond motifs is 1. The SMILES string of the molecule is O=C1CCc2cc(OCC(=O)N3CCSCC3)ccc2N1. The number of nitrogens with zero attached hydrogens (tertiary/aromatic N) is 1. The van der Waals surface area contributed by atoms with Crippen molar-refractivity contribution in [1.82, 2.24) is 4.90 Å². The number of hydrogen-bond donors (Lipinski definition) is 1. The molecule has 0 atom stereocenters. The van der Waals surface area contributed by atoms with Crippen molar-refractivity contribution in [3.05, 3.63) is 23.8 Å². The Morgan fingerprint density at radius 3 is 2.90 bits per heavy atom. The van der Waals surface area contributed by atoms with Gasteiger partial charge in [-0.2, -0.15) is 11.8 Å². The molecular formula is C15H18N2O3S. The molecule has 0 bridgehead atoms. The Kier molecular flexibility index (Phi) is 4.34. The van der Waals surface area contributed by atoms with Gasteiger partial charge in [-0.05, 0) is 30.2 Å². The first-order chi connectivity index (χ1) is 10.2. The van der Waals surface area contributed by atoms with Crippen molar-refractivity contribution in [2.75, 3.05) is 36.5 Å². The van der Waals surface area contributed by atoms with Crippen LogP contribution in [0.25, 0.3) is 0 Å². The summed E-state index contributed by atoms with van der Waals surface area (Å²) in [6.07, 6.45) is 1.22. The first kappa shape index (κ1) is 14.3. The maximum absolute atomic E-state index is 12.0. The van der Waals surface area contributed by atoms with E-state index in [-0.39, 0.29) is 18.4 Å². The second-order valence-corrected chi connectivity index (χ2v) is 6.37. The normalized spacial score (nSPS) is 17.9. The van der Waals surface area contributed by atoms with Gasteiger partial charge in [0.1, 0.15) is 5.75 Å². The summed E-state index contributed by atoms with van der Waals surface area (Å²) in [4.78, 5) is 25.2. The Labute approximate surface area is 128 Å². The van der Waals surface area contributed by atoms with Gasteiger partial charge >= 0.3 is 0 Å². The molecule has 2 aliphatic rings. The molecule has 0 saturated carbocycles. The van der Waals surface area contributed by atoms with Gasteiger partial charge in [0.05, 0.1) is 0 Å². The molecule has 1 aromatic rings. The number of anilines is 1. The van der Waals surface area contributed by atoms with Crippen molar-refractivity contribution < 1.29 is 14.3 Å². The van der Waals surface area contributed by atoms with Crippen LogP contribution in [0.5, 0.6) is 5.75 Å². The van der Waals surface area contributed by atoms with Crippen LogP contribution in [0.2, 0.25) is 0 Å². The zero-order chi connectivity index (χ0) is 14.7. The molecule has 21 heavy (non-hydrogen) atoms. The minimum atomic E-state index is 0.0429. The molecule has 0 aliphatic carbocycles. The van der Waals surface area contributed by atoms with E-state index in [1.807, 2.05) is 28.8 Å². The molecule has 2 aliphatic heterocycles. The largest absolute Gasteiger partial charge is 0.484 e. The molecule has 0 radical (unpaired) electrons. The lowest BCUT2D eigenvalue weighted by atomic mass is 10.0. The Morgan fingerprint density at radius 2 is 2.10 bits per heavy atom. The molecule has 1 N–H and O–H groups in total. The van der Waals surface area contributed by atoms with Crippen LogP contribution in [0, 0.1) is 0 Å². The zero-order valence-electron chi connectivity index (χ0n) is 11.8. The third-order valence-corrected chi connectivity index (χ3v) is 4.64. The van der Waals surface area contributed by atoms with Crippen molar-refractivity contribution in [3.63, 3.8) is 0 Å². The van der Waals surface area contributed by atoms with Gasteiger partial charge in [-0.25, -0.2) is 0 Å². The molecule has 0 unspecified atom stereocenters.